The lowest BCUT2D eigenvalue weighted by Gasteiger charge is -2.34. The van der Waals surface area contributed by atoms with E-state index in [1.807, 2.05) is 35.0 Å². The second-order valence-corrected chi connectivity index (χ2v) is 10.3. The molecule has 2 aromatic rings. The third-order valence-electron chi connectivity index (χ3n) is 7.45. The molecule has 0 saturated carbocycles. The van der Waals surface area contributed by atoms with Gasteiger partial charge in [0.05, 0.1) is 12.1 Å². The minimum Gasteiger partial charge on any atom is -0.300 e. The summed E-state index contributed by atoms with van der Waals surface area (Å²) in [5.41, 5.74) is 5.81. The van der Waals surface area contributed by atoms with E-state index in [4.69, 9.17) is 16.7 Å². The van der Waals surface area contributed by atoms with E-state index >= 15 is 0 Å². The average Bonchev–Trinajstić information content (AvgIpc) is 3.02. The highest BCUT2D eigenvalue weighted by molar-refractivity contribution is 6.31. The Hall–Kier alpha value is -2.99. The van der Waals surface area contributed by atoms with Crippen LogP contribution in [0.15, 0.2) is 84.4 Å². The first-order valence-corrected chi connectivity index (χ1v) is 13.0. The van der Waals surface area contributed by atoms with Crippen LogP contribution < -0.4 is 4.90 Å². The topological polar surface area (TPSA) is 18.8 Å². The van der Waals surface area contributed by atoms with Gasteiger partial charge in [-0.25, -0.2) is 5.01 Å². The Morgan fingerprint density at radius 1 is 1.08 bits per heavy atom. The minimum atomic E-state index is -4.25. The van der Waals surface area contributed by atoms with E-state index in [1.54, 1.807) is 12.1 Å². The molecule has 196 valence electrons. The van der Waals surface area contributed by atoms with Gasteiger partial charge >= 0.3 is 6.18 Å². The second kappa shape index (κ2) is 10.4. The summed E-state index contributed by atoms with van der Waals surface area (Å²) in [5, 5.41) is 7.81. The first-order valence-electron chi connectivity index (χ1n) is 12.6. The fourth-order valence-electron chi connectivity index (χ4n) is 5.44. The molecule has 1 atom stereocenters. The summed E-state index contributed by atoms with van der Waals surface area (Å²) in [6.45, 7) is 17.8. The molecular weight excluding hydrogens is 495 g/mol. The summed E-state index contributed by atoms with van der Waals surface area (Å²) in [4.78, 5) is 1.89. The van der Waals surface area contributed by atoms with Crippen molar-refractivity contribution in [3.05, 3.63) is 101 Å². The zero-order valence-corrected chi connectivity index (χ0v) is 22.2. The van der Waals surface area contributed by atoms with E-state index in [9.17, 15) is 13.2 Å². The number of hydrogen-bond acceptors (Lipinski definition) is 3. The van der Waals surface area contributed by atoms with Crippen molar-refractivity contribution >= 4 is 23.0 Å². The van der Waals surface area contributed by atoms with Gasteiger partial charge in [-0.05, 0) is 67.5 Å². The molecule has 2 aromatic carbocycles. The first kappa shape index (κ1) is 27.1. The molecule has 7 heteroatoms. The summed E-state index contributed by atoms with van der Waals surface area (Å²) >= 11 is 6.33. The van der Waals surface area contributed by atoms with Gasteiger partial charge in [0.1, 0.15) is 5.82 Å². The van der Waals surface area contributed by atoms with Gasteiger partial charge in [-0.15, -0.1) is 0 Å². The number of benzene rings is 2. The Bertz CT molecular complexity index is 1250. The van der Waals surface area contributed by atoms with Gasteiger partial charge in [0.15, 0.2) is 0 Å². The molecular formula is C30H33ClF3N3. The van der Waals surface area contributed by atoms with Crippen LogP contribution in [-0.2, 0) is 12.8 Å². The number of halogens is 4. The highest BCUT2D eigenvalue weighted by atomic mass is 35.5. The molecule has 0 spiro atoms. The van der Waals surface area contributed by atoms with Gasteiger partial charge in [-0.2, -0.15) is 18.3 Å². The van der Waals surface area contributed by atoms with Crippen molar-refractivity contribution in [3.63, 3.8) is 0 Å². The van der Waals surface area contributed by atoms with Crippen LogP contribution in [0.2, 0.25) is 5.02 Å². The summed E-state index contributed by atoms with van der Waals surface area (Å²) in [6.07, 6.45) is -1.11. The van der Waals surface area contributed by atoms with Crippen LogP contribution in [-0.4, -0.2) is 23.4 Å². The Kier molecular flexibility index (Phi) is 7.61. The van der Waals surface area contributed by atoms with Gasteiger partial charge in [-0.3, -0.25) is 0 Å². The molecule has 1 heterocycles. The maximum Gasteiger partial charge on any atom is 0.393 e. The molecule has 2 aliphatic rings. The third-order valence-corrected chi connectivity index (χ3v) is 7.68. The van der Waals surface area contributed by atoms with Crippen LogP contribution in [0.3, 0.4) is 0 Å². The fourth-order valence-corrected chi connectivity index (χ4v) is 5.63. The molecule has 0 amide bonds. The van der Waals surface area contributed by atoms with Crippen molar-refractivity contribution in [2.75, 3.05) is 11.4 Å². The lowest BCUT2D eigenvalue weighted by molar-refractivity contribution is -0.127. The average molecular weight is 528 g/mol. The van der Waals surface area contributed by atoms with Crippen LogP contribution in [0.4, 0.5) is 18.9 Å². The third kappa shape index (κ3) is 5.35. The normalized spacial score (nSPS) is 19.0. The van der Waals surface area contributed by atoms with Crippen LogP contribution in [0.5, 0.6) is 0 Å². The highest BCUT2D eigenvalue weighted by Crippen LogP contribution is 2.49. The van der Waals surface area contributed by atoms with E-state index in [1.165, 1.54) is 17.7 Å². The SMILES string of the molecule is C=C(CC)N(C(=C)N1CCCC2(C(=C)CC)Cc3cc(Cl)ccc3C2=N1)c1ccc(CC(F)(F)F)cc1. The number of rotatable bonds is 8. The molecule has 3 nitrogen and oxygen atoms in total. The predicted molar refractivity (Wildman–Crippen MR) is 147 cm³/mol. The number of nitrogens with zero attached hydrogens (tertiary/aromatic N) is 3. The largest absolute Gasteiger partial charge is 0.393 e. The molecule has 1 unspecified atom stereocenters. The number of fused-ring (bicyclic) bond motifs is 3. The van der Waals surface area contributed by atoms with Crippen LogP contribution in [0.25, 0.3) is 0 Å². The molecule has 0 aromatic heterocycles. The van der Waals surface area contributed by atoms with E-state index < -0.39 is 12.6 Å². The van der Waals surface area contributed by atoms with Crippen molar-refractivity contribution in [1.29, 1.82) is 0 Å². The molecule has 0 saturated heterocycles. The van der Waals surface area contributed by atoms with Crippen molar-refractivity contribution in [1.82, 2.24) is 5.01 Å². The van der Waals surface area contributed by atoms with E-state index in [2.05, 4.69) is 26.7 Å². The van der Waals surface area contributed by atoms with E-state index in [0.717, 1.165) is 48.2 Å². The number of hydrazone groups is 1. The quantitative estimate of drug-likeness (QED) is 0.320. The van der Waals surface area contributed by atoms with Gasteiger partial charge in [0.2, 0.25) is 0 Å². The summed E-state index contributed by atoms with van der Waals surface area (Å²) < 4.78 is 38.6. The fraction of sp³-hybridized carbons (Fsp3) is 0.367. The van der Waals surface area contributed by atoms with Crippen molar-refractivity contribution < 1.29 is 13.2 Å². The Morgan fingerprint density at radius 2 is 1.78 bits per heavy atom. The monoisotopic (exact) mass is 527 g/mol. The molecule has 1 aliphatic carbocycles. The number of anilines is 1. The van der Waals surface area contributed by atoms with Crippen molar-refractivity contribution in [2.24, 2.45) is 10.5 Å². The number of alkyl halides is 3. The Morgan fingerprint density at radius 3 is 2.41 bits per heavy atom. The number of hydrogen-bond donors (Lipinski definition) is 0. The smallest absolute Gasteiger partial charge is 0.300 e. The van der Waals surface area contributed by atoms with Crippen LogP contribution in [0.1, 0.15) is 56.2 Å². The second-order valence-electron chi connectivity index (χ2n) is 9.82. The maximum atomic E-state index is 12.9. The summed E-state index contributed by atoms with van der Waals surface area (Å²) in [5.74, 6) is 0.614. The van der Waals surface area contributed by atoms with Gasteiger partial charge < -0.3 is 4.90 Å². The van der Waals surface area contributed by atoms with Gasteiger partial charge in [0, 0.05) is 33.9 Å². The summed E-state index contributed by atoms with van der Waals surface area (Å²) in [7, 11) is 0. The maximum absolute atomic E-state index is 12.9. The molecule has 0 radical (unpaired) electrons. The lowest BCUT2D eigenvalue weighted by atomic mass is 9.72. The van der Waals surface area contributed by atoms with Gasteiger partial charge in [0.25, 0.3) is 0 Å². The van der Waals surface area contributed by atoms with Crippen LogP contribution in [0, 0.1) is 5.41 Å². The predicted octanol–water partition coefficient (Wildman–Crippen LogP) is 8.65. The molecule has 37 heavy (non-hydrogen) atoms. The zero-order valence-electron chi connectivity index (χ0n) is 21.5. The molecule has 4 rings (SSSR count). The molecule has 0 fully saturated rings. The molecule has 0 N–H and O–H groups in total. The lowest BCUT2D eigenvalue weighted by Crippen LogP contribution is -2.33. The standard InChI is InChI=1S/C30H33ClF3N3/c1-6-20(3)29-15-8-16-36(35-28(29)27-14-11-25(31)17-24(27)19-29)22(5)37(21(4)7-2)26-12-9-23(10-13-26)18-30(32,33)34/h9-14,17H,3-8,15-16,18-19H2,1-2H3. The first-order chi connectivity index (χ1) is 17.5. The molecule has 1 aliphatic heterocycles. The Balaban J connectivity index is 1.74. The van der Waals surface area contributed by atoms with Gasteiger partial charge in [-0.1, -0.05) is 69.0 Å². The van der Waals surface area contributed by atoms with Crippen molar-refractivity contribution in [3.8, 4) is 0 Å². The highest BCUT2D eigenvalue weighted by Gasteiger charge is 2.46. The zero-order chi connectivity index (χ0) is 27.0. The van der Waals surface area contributed by atoms with E-state index in [0.29, 0.717) is 29.5 Å². The minimum absolute atomic E-state index is 0.211. The van der Waals surface area contributed by atoms with E-state index in [-0.39, 0.29) is 11.0 Å². The summed E-state index contributed by atoms with van der Waals surface area (Å²) in [6, 6.07) is 12.3. The molecule has 0 bridgehead atoms. The number of allylic oxidation sites excluding steroid dienone is 2. The Labute approximate surface area is 222 Å². The van der Waals surface area contributed by atoms with Crippen molar-refractivity contribution in [2.45, 2.75) is 58.5 Å². The van der Waals surface area contributed by atoms with Crippen LogP contribution >= 0.6 is 11.6 Å².